The Morgan fingerprint density at radius 2 is 1.85 bits per heavy atom. The number of amides is 1. The second kappa shape index (κ2) is 8.39. The van der Waals surface area contributed by atoms with Gasteiger partial charge in [-0.2, -0.15) is 0 Å². The number of hydrogen-bond donors (Lipinski definition) is 1. The third kappa shape index (κ3) is 4.11. The van der Waals surface area contributed by atoms with Crippen LogP contribution in [0.5, 0.6) is 0 Å². The van der Waals surface area contributed by atoms with Crippen LogP contribution >= 0.6 is 0 Å². The highest BCUT2D eigenvalue weighted by atomic mass is 16.6. The predicted octanol–water partition coefficient (Wildman–Crippen LogP) is 2.49. The Hall–Kier alpha value is -3.47. The van der Waals surface area contributed by atoms with Crippen LogP contribution in [0, 0.1) is 0 Å². The molecule has 2 saturated heterocycles. The first-order chi connectivity index (χ1) is 16.2. The molecule has 0 aliphatic carbocycles. The number of nitrogen functional groups attached to an aromatic ring is 1. The van der Waals surface area contributed by atoms with Gasteiger partial charge >= 0.3 is 6.09 Å². The van der Waals surface area contributed by atoms with E-state index in [1.165, 1.54) is 0 Å². The molecule has 11 nitrogen and oxygen atoms in total. The van der Waals surface area contributed by atoms with Crippen LogP contribution in [0.4, 0.5) is 16.3 Å². The van der Waals surface area contributed by atoms with Gasteiger partial charge in [0, 0.05) is 30.9 Å². The van der Waals surface area contributed by atoms with Crippen LogP contribution in [0.2, 0.25) is 0 Å². The number of carbonyl (C=O) groups is 1. The largest absolute Gasteiger partial charge is 0.444 e. The van der Waals surface area contributed by atoms with E-state index >= 15 is 0 Å². The highest BCUT2D eigenvalue weighted by Gasteiger charge is 2.43. The lowest BCUT2D eigenvalue weighted by atomic mass is 9.99. The Bertz CT molecular complexity index is 1200. The number of aromatic nitrogens is 5. The third-order valence-corrected chi connectivity index (χ3v) is 6.16. The summed E-state index contributed by atoms with van der Waals surface area (Å²) in [7, 11) is 0. The molecule has 2 aromatic heterocycles. The first-order valence-electron chi connectivity index (χ1n) is 11.5. The number of rotatable bonds is 3. The molecule has 2 aliphatic heterocycles. The van der Waals surface area contributed by atoms with E-state index in [1.54, 1.807) is 4.90 Å². The number of fused-ring (bicyclic) bond motifs is 1. The van der Waals surface area contributed by atoms with Crippen molar-refractivity contribution in [2.24, 2.45) is 0 Å². The fraction of sp³-hybridized carbons (Fsp3) is 0.522. The molecule has 5 rings (SSSR count). The van der Waals surface area contributed by atoms with Gasteiger partial charge in [0.15, 0.2) is 22.8 Å². The van der Waals surface area contributed by atoms with E-state index < -0.39 is 5.60 Å². The Morgan fingerprint density at radius 3 is 2.50 bits per heavy atom. The van der Waals surface area contributed by atoms with Crippen LogP contribution in [-0.2, 0) is 9.47 Å². The van der Waals surface area contributed by atoms with Gasteiger partial charge in [-0.05, 0) is 52.0 Å². The van der Waals surface area contributed by atoms with Crippen molar-refractivity contribution in [2.45, 2.75) is 45.4 Å². The summed E-state index contributed by atoms with van der Waals surface area (Å²) < 4.78 is 12.9. The Balaban J connectivity index is 1.52. The SMILES string of the molecule is CC1C(n2nnc3c(N4CCOCC4)nc(-c4ccc(N)cc4)nc32)CN1C(=O)OC(C)(C)C. The van der Waals surface area contributed by atoms with E-state index in [4.69, 9.17) is 25.2 Å². The maximum atomic E-state index is 12.6. The number of benzene rings is 1. The van der Waals surface area contributed by atoms with Gasteiger partial charge in [-0.1, -0.05) is 5.21 Å². The Morgan fingerprint density at radius 1 is 1.15 bits per heavy atom. The highest BCUT2D eigenvalue weighted by molar-refractivity contribution is 5.85. The summed E-state index contributed by atoms with van der Waals surface area (Å²) in [6, 6.07) is 7.30. The van der Waals surface area contributed by atoms with Gasteiger partial charge in [-0.3, -0.25) is 0 Å². The van der Waals surface area contributed by atoms with Gasteiger partial charge in [0.2, 0.25) is 0 Å². The van der Waals surface area contributed by atoms with Crippen molar-refractivity contribution in [3.05, 3.63) is 24.3 Å². The molecule has 0 saturated carbocycles. The third-order valence-electron chi connectivity index (χ3n) is 6.16. The minimum absolute atomic E-state index is 0.0655. The van der Waals surface area contributed by atoms with E-state index in [-0.39, 0.29) is 18.2 Å². The molecule has 2 aliphatic rings. The standard InChI is InChI=1S/C23H30N8O3/c1-14-17(13-30(14)22(32)34-23(2,3)4)31-21-18(27-28-31)20(29-9-11-33-12-10-29)25-19(26-21)15-5-7-16(24)8-6-15/h5-8,14,17H,9-13,24H2,1-4H3. The summed E-state index contributed by atoms with van der Waals surface area (Å²) >= 11 is 0. The Kier molecular flexibility index (Phi) is 5.51. The van der Waals surface area contributed by atoms with E-state index in [0.29, 0.717) is 55.5 Å². The molecule has 2 N–H and O–H groups in total. The summed E-state index contributed by atoms with van der Waals surface area (Å²) in [6.45, 7) is 10.7. The van der Waals surface area contributed by atoms with Gasteiger partial charge in [0.05, 0.1) is 25.3 Å². The average molecular weight is 467 g/mol. The molecule has 2 fully saturated rings. The first-order valence-corrected chi connectivity index (χ1v) is 11.5. The van der Waals surface area contributed by atoms with Crippen molar-refractivity contribution in [1.29, 1.82) is 0 Å². The number of morpholine rings is 1. The summed E-state index contributed by atoms with van der Waals surface area (Å²) in [5.74, 6) is 1.32. The molecular formula is C23H30N8O3. The molecule has 1 aromatic carbocycles. The van der Waals surface area contributed by atoms with Crippen molar-refractivity contribution >= 4 is 28.8 Å². The van der Waals surface area contributed by atoms with Gasteiger partial charge in [0.25, 0.3) is 0 Å². The second-order valence-electron chi connectivity index (χ2n) is 9.74. The van der Waals surface area contributed by atoms with Crippen LogP contribution in [0.25, 0.3) is 22.6 Å². The molecule has 11 heteroatoms. The molecule has 3 aromatic rings. The number of ether oxygens (including phenoxy) is 2. The van der Waals surface area contributed by atoms with Crippen LogP contribution in [0.1, 0.15) is 33.7 Å². The summed E-state index contributed by atoms with van der Waals surface area (Å²) in [4.78, 5) is 26.1. The number of nitrogens with zero attached hydrogens (tertiary/aromatic N) is 7. The number of carbonyl (C=O) groups excluding carboxylic acids is 1. The minimum Gasteiger partial charge on any atom is -0.444 e. The lowest BCUT2D eigenvalue weighted by molar-refractivity contribution is -0.0232. The molecule has 34 heavy (non-hydrogen) atoms. The molecular weight excluding hydrogens is 436 g/mol. The lowest BCUT2D eigenvalue weighted by Crippen LogP contribution is -2.58. The normalized spacial score (nSPS) is 20.9. The summed E-state index contributed by atoms with van der Waals surface area (Å²) in [6.07, 6.45) is -0.327. The van der Waals surface area contributed by atoms with E-state index in [2.05, 4.69) is 15.2 Å². The van der Waals surface area contributed by atoms with Crippen molar-refractivity contribution in [3.63, 3.8) is 0 Å². The highest BCUT2D eigenvalue weighted by Crippen LogP contribution is 2.34. The molecule has 0 radical (unpaired) electrons. The lowest BCUT2D eigenvalue weighted by Gasteiger charge is -2.45. The molecule has 0 bridgehead atoms. The van der Waals surface area contributed by atoms with Gasteiger partial charge in [-0.25, -0.2) is 19.4 Å². The molecule has 2 unspecified atom stereocenters. The zero-order valence-electron chi connectivity index (χ0n) is 19.9. The van der Waals surface area contributed by atoms with E-state index in [1.807, 2.05) is 56.6 Å². The fourth-order valence-corrected chi connectivity index (χ4v) is 4.23. The number of nitrogens with two attached hydrogens (primary N) is 1. The minimum atomic E-state index is -0.546. The van der Waals surface area contributed by atoms with Crippen LogP contribution in [0.3, 0.4) is 0 Å². The van der Waals surface area contributed by atoms with Gasteiger partial charge in [-0.15, -0.1) is 5.10 Å². The van der Waals surface area contributed by atoms with Crippen LogP contribution in [0.15, 0.2) is 24.3 Å². The van der Waals surface area contributed by atoms with E-state index in [0.717, 1.165) is 11.4 Å². The summed E-state index contributed by atoms with van der Waals surface area (Å²) in [5, 5.41) is 8.91. The van der Waals surface area contributed by atoms with E-state index in [9.17, 15) is 4.79 Å². The summed E-state index contributed by atoms with van der Waals surface area (Å²) in [5.41, 5.74) is 8.15. The zero-order valence-corrected chi connectivity index (χ0v) is 19.9. The maximum absolute atomic E-state index is 12.6. The predicted molar refractivity (Wildman–Crippen MR) is 127 cm³/mol. The van der Waals surface area contributed by atoms with Crippen molar-refractivity contribution in [1.82, 2.24) is 29.9 Å². The Labute approximate surface area is 197 Å². The molecule has 2 atom stereocenters. The van der Waals surface area contributed by atoms with Gasteiger partial charge < -0.3 is 25.0 Å². The monoisotopic (exact) mass is 466 g/mol. The van der Waals surface area contributed by atoms with Crippen LogP contribution < -0.4 is 10.6 Å². The van der Waals surface area contributed by atoms with Crippen LogP contribution in [-0.4, -0.2) is 80.4 Å². The quantitative estimate of drug-likeness (QED) is 0.580. The first kappa shape index (κ1) is 22.3. The smallest absolute Gasteiger partial charge is 0.410 e. The van der Waals surface area contributed by atoms with Crippen molar-refractivity contribution in [2.75, 3.05) is 43.5 Å². The molecule has 180 valence electrons. The average Bonchev–Trinajstić information content (AvgIpc) is 3.21. The molecule has 4 heterocycles. The number of anilines is 2. The molecule has 1 amide bonds. The maximum Gasteiger partial charge on any atom is 0.410 e. The fourth-order valence-electron chi connectivity index (χ4n) is 4.23. The van der Waals surface area contributed by atoms with Crippen molar-refractivity contribution < 1.29 is 14.3 Å². The zero-order chi connectivity index (χ0) is 24.0. The van der Waals surface area contributed by atoms with Gasteiger partial charge in [0.1, 0.15) is 5.60 Å². The van der Waals surface area contributed by atoms with Crippen molar-refractivity contribution in [3.8, 4) is 11.4 Å². The second-order valence-corrected chi connectivity index (χ2v) is 9.74. The number of hydrogen-bond acceptors (Lipinski definition) is 9. The topological polar surface area (TPSA) is 125 Å². The molecule has 0 spiro atoms. The number of likely N-dealkylation sites (tertiary alicyclic amines) is 1.